The van der Waals surface area contributed by atoms with Crippen LogP contribution in [-0.2, 0) is 34.5 Å². The van der Waals surface area contributed by atoms with Gasteiger partial charge in [0.1, 0.15) is 5.52 Å². The molecular formula is C24H20N4O5S. The van der Waals surface area contributed by atoms with Crippen LogP contribution >= 0.6 is 0 Å². The molecule has 4 aromatic rings. The smallest absolute Gasteiger partial charge is 0.339 e. The summed E-state index contributed by atoms with van der Waals surface area (Å²) in [5, 5.41) is 8.08. The Morgan fingerprint density at radius 3 is 2.44 bits per heavy atom. The maximum absolute atomic E-state index is 13.1. The number of rotatable bonds is 5. The SMILES string of the molecule is O=C(OCn1nnc2ccccc2c1=O)c1ccc(S(=O)(=O)N2CCc3ccccc3C2)cc1. The van der Waals surface area contributed by atoms with E-state index in [1.807, 2.05) is 24.3 Å². The van der Waals surface area contributed by atoms with Crippen molar-refractivity contribution >= 4 is 26.9 Å². The van der Waals surface area contributed by atoms with E-state index in [-0.39, 0.29) is 10.5 Å². The highest BCUT2D eigenvalue weighted by Gasteiger charge is 2.28. The lowest BCUT2D eigenvalue weighted by molar-refractivity contribution is 0.0336. The van der Waals surface area contributed by atoms with Crippen LogP contribution in [-0.4, -0.2) is 40.2 Å². The van der Waals surface area contributed by atoms with Gasteiger partial charge in [0, 0.05) is 13.1 Å². The molecule has 0 saturated heterocycles. The monoisotopic (exact) mass is 476 g/mol. The molecule has 1 aliphatic heterocycles. The molecule has 0 amide bonds. The average Bonchev–Trinajstić information content (AvgIpc) is 2.88. The lowest BCUT2D eigenvalue weighted by Gasteiger charge is -2.28. The molecule has 0 radical (unpaired) electrons. The number of carbonyl (C=O) groups excluding carboxylic acids is 1. The summed E-state index contributed by atoms with van der Waals surface area (Å²) in [7, 11) is -3.71. The summed E-state index contributed by atoms with van der Waals surface area (Å²) in [6, 6.07) is 20.1. The second-order valence-electron chi connectivity index (χ2n) is 7.85. The summed E-state index contributed by atoms with van der Waals surface area (Å²) in [6.07, 6.45) is 0.650. The predicted octanol–water partition coefficient (Wildman–Crippen LogP) is 2.35. The Kier molecular flexibility index (Phi) is 5.68. The van der Waals surface area contributed by atoms with E-state index in [9.17, 15) is 18.0 Å². The Morgan fingerprint density at radius 2 is 1.65 bits per heavy atom. The second-order valence-corrected chi connectivity index (χ2v) is 9.79. The van der Waals surface area contributed by atoms with E-state index in [0.717, 1.165) is 15.8 Å². The Balaban J connectivity index is 1.28. The van der Waals surface area contributed by atoms with Gasteiger partial charge < -0.3 is 4.74 Å². The van der Waals surface area contributed by atoms with Crippen molar-refractivity contribution in [3.05, 3.63) is 99.8 Å². The van der Waals surface area contributed by atoms with Gasteiger partial charge in [-0.2, -0.15) is 8.99 Å². The highest BCUT2D eigenvalue weighted by molar-refractivity contribution is 7.89. The molecule has 2 heterocycles. The minimum atomic E-state index is -3.71. The van der Waals surface area contributed by atoms with Crippen molar-refractivity contribution in [2.75, 3.05) is 6.54 Å². The number of aromatic nitrogens is 3. The van der Waals surface area contributed by atoms with Crippen LogP contribution in [0, 0.1) is 0 Å². The summed E-state index contributed by atoms with van der Waals surface area (Å²) in [5.74, 6) is -0.710. The molecule has 34 heavy (non-hydrogen) atoms. The summed E-state index contributed by atoms with van der Waals surface area (Å²) in [4.78, 5) is 25.0. The van der Waals surface area contributed by atoms with Crippen LogP contribution in [0.15, 0.2) is 82.5 Å². The minimum Gasteiger partial charge on any atom is -0.439 e. The van der Waals surface area contributed by atoms with Gasteiger partial charge >= 0.3 is 5.97 Å². The van der Waals surface area contributed by atoms with E-state index >= 15 is 0 Å². The van der Waals surface area contributed by atoms with Crippen LogP contribution in [0.3, 0.4) is 0 Å². The lowest BCUT2D eigenvalue weighted by atomic mass is 10.0. The van der Waals surface area contributed by atoms with Gasteiger partial charge in [0.05, 0.1) is 15.8 Å². The quantitative estimate of drug-likeness (QED) is 0.407. The van der Waals surface area contributed by atoms with E-state index in [0.29, 0.717) is 30.4 Å². The highest BCUT2D eigenvalue weighted by Crippen LogP contribution is 2.25. The first-order valence-corrected chi connectivity index (χ1v) is 12.0. The standard InChI is InChI=1S/C24H20N4O5S/c29-23-21-7-3-4-8-22(21)25-26-28(23)16-33-24(30)18-9-11-20(12-10-18)34(31,32)27-14-13-17-5-1-2-6-19(17)15-27/h1-12H,13-16H2. The molecular weight excluding hydrogens is 456 g/mol. The van der Waals surface area contributed by atoms with Gasteiger partial charge in [-0.15, -0.1) is 5.10 Å². The van der Waals surface area contributed by atoms with Crippen LogP contribution in [0.2, 0.25) is 0 Å². The Labute approximate surface area is 195 Å². The number of carbonyl (C=O) groups is 1. The molecule has 1 aromatic heterocycles. The van der Waals surface area contributed by atoms with Gasteiger partial charge in [-0.1, -0.05) is 41.6 Å². The fourth-order valence-electron chi connectivity index (χ4n) is 3.90. The molecule has 9 nitrogen and oxygen atoms in total. The third kappa shape index (κ3) is 4.09. The maximum Gasteiger partial charge on any atom is 0.339 e. The van der Waals surface area contributed by atoms with Gasteiger partial charge in [-0.3, -0.25) is 4.79 Å². The van der Waals surface area contributed by atoms with Crippen LogP contribution in [0.5, 0.6) is 0 Å². The topological polar surface area (TPSA) is 111 Å². The molecule has 0 fully saturated rings. The summed E-state index contributed by atoms with van der Waals surface area (Å²) in [5.41, 5.74) is 2.32. The zero-order valence-corrected chi connectivity index (χ0v) is 18.8. The summed E-state index contributed by atoms with van der Waals surface area (Å²) < 4.78 is 33.8. The molecule has 0 atom stereocenters. The largest absolute Gasteiger partial charge is 0.439 e. The van der Waals surface area contributed by atoms with Crippen molar-refractivity contribution in [2.45, 2.75) is 24.6 Å². The fraction of sp³-hybridized carbons (Fsp3) is 0.167. The van der Waals surface area contributed by atoms with E-state index < -0.39 is 28.3 Å². The van der Waals surface area contributed by atoms with Crippen LogP contribution in [0.25, 0.3) is 10.9 Å². The lowest BCUT2D eigenvalue weighted by Crippen LogP contribution is -2.35. The third-order valence-corrected chi connectivity index (χ3v) is 7.63. The number of fused-ring (bicyclic) bond motifs is 2. The number of hydrogen-bond donors (Lipinski definition) is 0. The fourth-order valence-corrected chi connectivity index (χ4v) is 5.32. The maximum atomic E-state index is 13.1. The number of hydrogen-bond acceptors (Lipinski definition) is 7. The normalized spacial score (nSPS) is 14.0. The van der Waals surface area contributed by atoms with Crippen molar-refractivity contribution in [3.8, 4) is 0 Å². The van der Waals surface area contributed by atoms with Gasteiger partial charge in [-0.05, 0) is 53.9 Å². The van der Waals surface area contributed by atoms with E-state index in [1.54, 1.807) is 24.3 Å². The number of nitrogens with zero attached hydrogens (tertiary/aromatic N) is 4. The number of esters is 1. The first-order chi connectivity index (χ1) is 16.4. The molecule has 3 aromatic carbocycles. The molecule has 0 N–H and O–H groups in total. The molecule has 0 unspecified atom stereocenters. The van der Waals surface area contributed by atoms with Crippen LogP contribution in [0.1, 0.15) is 21.5 Å². The third-order valence-electron chi connectivity index (χ3n) is 5.77. The van der Waals surface area contributed by atoms with Crippen molar-refractivity contribution in [1.29, 1.82) is 0 Å². The zero-order chi connectivity index (χ0) is 23.7. The van der Waals surface area contributed by atoms with Gasteiger partial charge in [0.25, 0.3) is 5.56 Å². The predicted molar refractivity (Wildman–Crippen MR) is 123 cm³/mol. The van der Waals surface area contributed by atoms with Crippen molar-refractivity contribution in [2.24, 2.45) is 0 Å². The van der Waals surface area contributed by atoms with Gasteiger partial charge in [-0.25, -0.2) is 13.2 Å². The molecule has 0 saturated carbocycles. The molecule has 10 heteroatoms. The van der Waals surface area contributed by atoms with Crippen LogP contribution < -0.4 is 5.56 Å². The number of sulfonamides is 1. The van der Waals surface area contributed by atoms with Crippen molar-refractivity contribution in [1.82, 2.24) is 19.3 Å². The van der Waals surface area contributed by atoms with Crippen LogP contribution in [0.4, 0.5) is 0 Å². The van der Waals surface area contributed by atoms with Crippen molar-refractivity contribution < 1.29 is 17.9 Å². The second kappa shape index (κ2) is 8.81. The van der Waals surface area contributed by atoms with Gasteiger partial charge in [0.15, 0.2) is 6.73 Å². The van der Waals surface area contributed by atoms with E-state index in [1.165, 1.54) is 28.6 Å². The zero-order valence-electron chi connectivity index (χ0n) is 18.0. The minimum absolute atomic E-state index is 0.0973. The molecule has 0 spiro atoms. The molecule has 172 valence electrons. The highest BCUT2D eigenvalue weighted by atomic mass is 32.2. The number of ether oxygens (including phenoxy) is 1. The Morgan fingerprint density at radius 1 is 0.941 bits per heavy atom. The molecule has 5 rings (SSSR count). The Hall–Kier alpha value is -3.89. The first-order valence-electron chi connectivity index (χ1n) is 10.6. The summed E-state index contributed by atoms with van der Waals surface area (Å²) in [6.45, 7) is 0.289. The van der Waals surface area contributed by atoms with Crippen molar-refractivity contribution in [3.63, 3.8) is 0 Å². The molecule has 1 aliphatic rings. The molecule has 0 bridgehead atoms. The van der Waals surface area contributed by atoms with E-state index in [2.05, 4.69) is 10.3 Å². The Bertz CT molecular complexity index is 1550. The first kappa shape index (κ1) is 21.9. The molecule has 0 aliphatic carbocycles. The summed E-state index contributed by atoms with van der Waals surface area (Å²) >= 11 is 0. The average molecular weight is 477 g/mol. The number of benzene rings is 3. The van der Waals surface area contributed by atoms with E-state index in [4.69, 9.17) is 4.74 Å². The van der Waals surface area contributed by atoms with Gasteiger partial charge in [0.2, 0.25) is 10.0 Å².